The van der Waals surface area contributed by atoms with E-state index in [0.717, 1.165) is 38.5 Å². The number of hydrogen-bond donors (Lipinski definition) is 2. The molecule has 0 radical (unpaired) electrons. The molecule has 6 nitrogen and oxygen atoms in total. The van der Waals surface area contributed by atoms with E-state index in [-0.39, 0.29) is 19.4 Å². The summed E-state index contributed by atoms with van der Waals surface area (Å²) in [6, 6.07) is 0. The lowest BCUT2D eigenvalue weighted by Crippen LogP contribution is -2.27. The minimum absolute atomic E-state index is 0.116. The molecule has 1 atom stereocenters. The van der Waals surface area contributed by atoms with Crippen molar-refractivity contribution >= 4 is 11.9 Å². The predicted molar refractivity (Wildman–Crippen MR) is 134 cm³/mol. The van der Waals surface area contributed by atoms with Crippen LogP contribution in [0.25, 0.3) is 0 Å². The summed E-state index contributed by atoms with van der Waals surface area (Å²) < 4.78 is 9.57. The summed E-state index contributed by atoms with van der Waals surface area (Å²) >= 11 is 0. The molecule has 0 saturated carbocycles. The smallest absolute Gasteiger partial charge is 0.312 e. The van der Waals surface area contributed by atoms with Crippen molar-refractivity contribution in [3.8, 4) is 0 Å². The van der Waals surface area contributed by atoms with Crippen molar-refractivity contribution in [2.75, 3.05) is 20.4 Å². The first-order valence-corrected chi connectivity index (χ1v) is 11.6. The Morgan fingerprint density at radius 2 is 1.15 bits per heavy atom. The summed E-state index contributed by atoms with van der Waals surface area (Å²) in [5.41, 5.74) is 0. The predicted octanol–water partition coefficient (Wildman–Crippen LogP) is 5.09. The van der Waals surface area contributed by atoms with Gasteiger partial charge in [0.05, 0.1) is 18.9 Å². The van der Waals surface area contributed by atoms with Crippen LogP contribution in [0.5, 0.6) is 0 Å². The van der Waals surface area contributed by atoms with Gasteiger partial charge in [0, 0.05) is 6.54 Å². The molecule has 0 heterocycles. The molecular formula is C27H41NO5. The quantitative estimate of drug-likeness (QED) is 0.159. The SMILES string of the molecule is CC/C=C\C/C=C\C/C=C\C/C=C\C/C=C\C/C=C\CC(=O)OCOC(=O)CC(O)CNC. The van der Waals surface area contributed by atoms with Crippen LogP contribution < -0.4 is 5.32 Å². The maximum atomic E-state index is 11.6. The topological polar surface area (TPSA) is 84.9 Å². The first-order valence-electron chi connectivity index (χ1n) is 11.6. The number of rotatable bonds is 19. The number of carbonyl (C=O) groups is 2. The van der Waals surface area contributed by atoms with Crippen LogP contribution in [0.2, 0.25) is 0 Å². The van der Waals surface area contributed by atoms with Crippen LogP contribution in [0, 0.1) is 0 Å². The molecule has 0 aromatic rings. The molecule has 0 saturated heterocycles. The number of nitrogens with one attached hydrogen (secondary N) is 1. The zero-order chi connectivity index (χ0) is 24.4. The zero-order valence-corrected chi connectivity index (χ0v) is 20.2. The van der Waals surface area contributed by atoms with Crippen LogP contribution in [0.15, 0.2) is 72.9 Å². The molecule has 0 rings (SSSR count). The maximum absolute atomic E-state index is 11.6. The second-order valence-corrected chi connectivity index (χ2v) is 7.19. The van der Waals surface area contributed by atoms with Gasteiger partial charge in [-0.05, 0) is 45.6 Å². The molecule has 33 heavy (non-hydrogen) atoms. The van der Waals surface area contributed by atoms with E-state index in [1.807, 2.05) is 12.2 Å². The fourth-order valence-corrected chi connectivity index (χ4v) is 2.48. The van der Waals surface area contributed by atoms with Crippen molar-refractivity contribution in [1.82, 2.24) is 5.32 Å². The van der Waals surface area contributed by atoms with Crippen molar-refractivity contribution in [3.63, 3.8) is 0 Å². The zero-order valence-electron chi connectivity index (χ0n) is 20.2. The number of likely N-dealkylation sites (N-methyl/N-ethyl adjacent to an activating group) is 1. The van der Waals surface area contributed by atoms with Crippen LogP contribution >= 0.6 is 0 Å². The van der Waals surface area contributed by atoms with Gasteiger partial charge in [-0.3, -0.25) is 9.59 Å². The van der Waals surface area contributed by atoms with Crippen LogP contribution in [0.1, 0.15) is 58.3 Å². The second kappa shape index (κ2) is 24.0. The molecule has 0 spiro atoms. The normalized spacial score (nSPS) is 13.4. The molecule has 0 aliphatic heterocycles. The Morgan fingerprint density at radius 3 is 1.61 bits per heavy atom. The van der Waals surface area contributed by atoms with E-state index in [2.05, 4.69) is 66.9 Å². The molecule has 0 aliphatic rings. The Kier molecular flexibility index (Phi) is 22.0. The number of carbonyl (C=O) groups excluding carboxylic acids is 2. The van der Waals surface area contributed by atoms with E-state index in [1.165, 1.54) is 0 Å². The Bertz CT molecular complexity index is 674. The van der Waals surface area contributed by atoms with Gasteiger partial charge < -0.3 is 19.9 Å². The number of hydrogen-bond acceptors (Lipinski definition) is 6. The number of aliphatic hydroxyl groups excluding tert-OH is 1. The molecule has 2 N–H and O–H groups in total. The first kappa shape index (κ1) is 30.3. The van der Waals surface area contributed by atoms with E-state index < -0.39 is 24.8 Å². The monoisotopic (exact) mass is 459 g/mol. The van der Waals surface area contributed by atoms with Gasteiger partial charge in [-0.1, -0.05) is 79.8 Å². The highest BCUT2D eigenvalue weighted by Crippen LogP contribution is 1.98. The lowest BCUT2D eigenvalue weighted by atomic mass is 10.2. The van der Waals surface area contributed by atoms with Crippen LogP contribution in [-0.4, -0.2) is 43.5 Å². The van der Waals surface area contributed by atoms with E-state index in [1.54, 1.807) is 13.1 Å². The summed E-state index contributed by atoms with van der Waals surface area (Å²) in [7, 11) is 1.67. The fraction of sp³-hybridized carbons (Fsp3) is 0.481. The molecule has 184 valence electrons. The average molecular weight is 460 g/mol. The highest BCUT2D eigenvalue weighted by molar-refractivity contribution is 5.72. The van der Waals surface area contributed by atoms with Crippen LogP contribution in [-0.2, 0) is 19.1 Å². The third-order valence-electron chi connectivity index (χ3n) is 4.16. The molecule has 0 amide bonds. The minimum Gasteiger partial charge on any atom is -0.428 e. The fourth-order valence-electron chi connectivity index (χ4n) is 2.48. The summed E-state index contributed by atoms with van der Waals surface area (Å²) in [6.07, 6.45) is 29.9. The van der Waals surface area contributed by atoms with Crippen molar-refractivity contribution < 1.29 is 24.2 Å². The van der Waals surface area contributed by atoms with Crippen LogP contribution in [0.4, 0.5) is 0 Å². The Hall–Kier alpha value is -2.70. The van der Waals surface area contributed by atoms with Crippen molar-refractivity contribution in [3.05, 3.63) is 72.9 Å². The highest BCUT2D eigenvalue weighted by Gasteiger charge is 2.11. The molecule has 6 heteroatoms. The Morgan fingerprint density at radius 1 is 0.727 bits per heavy atom. The van der Waals surface area contributed by atoms with Gasteiger partial charge in [0.25, 0.3) is 0 Å². The van der Waals surface area contributed by atoms with Crippen molar-refractivity contribution in [2.24, 2.45) is 0 Å². The number of esters is 2. The third-order valence-corrected chi connectivity index (χ3v) is 4.16. The van der Waals surface area contributed by atoms with Crippen molar-refractivity contribution in [2.45, 2.75) is 64.4 Å². The summed E-state index contributed by atoms with van der Waals surface area (Å²) in [6.45, 7) is 1.99. The summed E-state index contributed by atoms with van der Waals surface area (Å²) in [5.74, 6) is -1.09. The molecule has 0 aliphatic carbocycles. The summed E-state index contributed by atoms with van der Waals surface area (Å²) in [4.78, 5) is 23.0. The summed E-state index contributed by atoms with van der Waals surface area (Å²) in [5, 5.41) is 12.2. The van der Waals surface area contributed by atoms with E-state index in [0.29, 0.717) is 0 Å². The van der Waals surface area contributed by atoms with Gasteiger partial charge in [0.15, 0.2) is 0 Å². The van der Waals surface area contributed by atoms with E-state index >= 15 is 0 Å². The molecule has 0 aromatic heterocycles. The molecule has 0 fully saturated rings. The van der Waals surface area contributed by atoms with Gasteiger partial charge in [-0.2, -0.15) is 0 Å². The van der Waals surface area contributed by atoms with Gasteiger partial charge in [-0.25, -0.2) is 0 Å². The van der Waals surface area contributed by atoms with Gasteiger partial charge in [-0.15, -0.1) is 0 Å². The van der Waals surface area contributed by atoms with E-state index in [4.69, 9.17) is 9.47 Å². The lowest BCUT2D eigenvalue weighted by molar-refractivity contribution is -0.167. The minimum atomic E-state index is -0.822. The third kappa shape index (κ3) is 23.8. The maximum Gasteiger partial charge on any atom is 0.312 e. The average Bonchev–Trinajstić information content (AvgIpc) is 2.78. The standard InChI is InChI=1S/C27H41NO5/c1-3-4-5-6-7-8-9-10-11-12-13-14-15-16-17-18-19-20-21-26(30)32-24-33-27(31)22-25(29)23-28-2/h4-5,7-8,10-11,13-14,16-17,19-20,25,28-29H,3,6,9,12,15,18,21-24H2,1-2H3/b5-4-,8-7-,11-10-,14-13-,17-16-,20-19-. The number of ether oxygens (including phenoxy) is 2. The number of aliphatic hydroxyl groups is 1. The number of allylic oxidation sites excluding steroid dienone is 11. The van der Waals surface area contributed by atoms with Gasteiger partial charge in [0.2, 0.25) is 6.79 Å². The largest absolute Gasteiger partial charge is 0.428 e. The van der Waals surface area contributed by atoms with E-state index in [9.17, 15) is 14.7 Å². The first-order chi connectivity index (χ1) is 16.1. The molecule has 0 bridgehead atoms. The lowest BCUT2D eigenvalue weighted by Gasteiger charge is -2.09. The molecular weight excluding hydrogens is 418 g/mol. The van der Waals surface area contributed by atoms with Crippen molar-refractivity contribution in [1.29, 1.82) is 0 Å². The Balaban J connectivity index is 3.68. The Labute approximate surface area is 199 Å². The van der Waals surface area contributed by atoms with Crippen LogP contribution in [0.3, 0.4) is 0 Å². The molecule has 0 aromatic carbocycles. The second-order valence-electron chi connectivity index (χ2n) is 7.19. The highest BCUT2D eigenvalue weighted by atomic mass is 16.7. The van der Waals surface area contributed by atoms with Gasteiger partial charge in [0.1, 0.15) is 0 Å². The molecule has 1 unspecified atom stereocenters. The van der Waals surface area contributed by atoms with Gasteiger partial charge >= 0.3 is 11.9 Å².